The van der Waals surface area contributed by atoms with E-state index < -0.39 is 24.0 Å². The molecule has 136 valence electrons. The monoisotopic (exact) mass is 348 g/mol. The quantitative estimate of drug-likeness (QED) is 0.828. The first-order chi connectivity index (χ1) is 11.1. The maximum Gasteiger partial charge on any atom is 0.435 e. The zero-order valence-electron chi connectivity index (χ0n) is 14.0. The summed E-state index contributed by atoms with van der Waals surface area (Å²) in [5.41, 5.74) is -0.324. The van der Waals surface area contributed by atoms with Gasteiger partial charge < -0.3 is 15.3 Å². The molecule has 2 atom stereocenters. The first-order valence-electron chi connectivity index (χ1n) is 7.92. The fraction of sp³-hybridized carbons (Fsp3) is 0.733. The number of alkyl halides is 3. The number of hydrogen-bond acceptors (Lipinski definition) is 3. The lowest BCUT2D eigenvalue weighted by molar-refractivity contribution is -0.141. The molecule has 1 aromatic heterocycles. The van der Waals surface area contributed by atoms with E-state index in [1.807, 2.05) is 0 Å². The number of likely N-dealkylation sites (N-methyl/N-ethyl adjacent to an activating group) is 1. The second-order valence-corrected chi connectivity index (χ2v) is 6.49. The molecule has 1 aliphatic carbocycles. The van der Waals surface area contributed by atoms with Crippen molar-refractivity contribution in [2.24, 2.45) is 0 Å². The van der Waals surface area contributed by atoms with Crippen LogP contribution in [0.15, 0.2) is 6.07 Å². The zero-order valence-corrected chi connectivity index (χ0v) is 14.0. The van der Waals surface area contributed by atoms with Gasteiger partial charge in [0.15, 0.2) is 5.69 Å². The van der Waals surface area contributed by atoms with Crippen LogP contribution in [0.3, 0.4) is 0 Å². The number of nitrogens with one attached hydrogen (secondary N) is 1. The van der Waals surface area contributed by atoms with Crippen LogP contribution in [0.5, 0.6) is 0 Å². The minimum absolute atomic E-state index is 0.120. The van der Waals surface area contributed by atoms with Crippen LogP contribution in [0.1, 0.15) is 44.0 Å². The van der Waals surface area contributed by atoms with Gasteiger partial charge in [-0.15, -0.1) is 0 Å². The summed E-state index contributed by atoms with van der Waals surface area (Å²) < 4.78 is 39.9. The molecule has 0 aromatic carbocycles. The van der Waals surface area contributed by atoms with E-state index in [-0.39, 0.29) is 25.0 Å². The van der Waals surface area contributed by atoms with Gasteiger partial charge in [-0.3, -0.25) is 4.68 Å². The standard InChI is InChI=1S/C15H23F3N4O2/c1-9(19-14(24)21(3)8-10(2)23)7-22-12(11-4-5-11)6-13(20-22)15(16,17)18/h6,9-11,23H,4-5,7-8H2,1-3H3,(H,19,24)/t9?,10-/m1/s1. The Bertz CT molecular complexity index is 582. The highest BCUT2D eigenvalue weighted by molar-refractivity contribution is 5.74. The van der Waals surface area contributed by atoms with Gasteiger partial charge in [-0.1, -0.05) is 0 Å². The van der Waals surface area contributed by atoms with Crippen LogP contribution in [-0.4, -0.2) is 51.6 Å². The number of halogens is 3. The number of urea groups is 1. The molecule has 1 heterocycles. The fourth-order valence-electron chi connectivity index (χ4n) is 2.53. The summed E-state index contributed by atoms with van der Waals surface area (Å²) in [5.74, 6) is 0.120. The van der Waals surface area contributed by atoms with E-state index in [1.165, 1.54) is 9.58 Å². The van der Waals surface area contributed by atoms with E-state index in [0.717, 1.165) is 18.9 Å². The van der Waals surface area contributed by atoms with E-state index in [4.69, 9.17) is 0 Å². The van der Waals surface area contributed by atoms with Crippen LogP contribution >= 0.6 is 0 Å². The molecule has 0 saturated heterocycles. The summed E-state index contributed by atoms with van der Waals surface area (Å²) in [4.78, 5) is 13.3. The topological polar surface area (TPSA) is 70.4 Å². The van der Waals surface area contributed by atoms with Gasteiger partial charge in [0.2, 0.25) is 0 Å². The molecule has 0 bridgehead atoms. The van der Waals surface area contributed by atoms with Crippen molar-refractivity contribution in [3.63, 3.8) is 0 Å². The third-order valence-corrected chi connectivity index (χ3v) is 3.80. The number of carbonyl (C=O) groups is 1. The Hall–Kier alpha value is -1.77. The van der Waals surface area contributed by atoms with Crippen molar-refractivity contribution in [3.05, 3.63) is 17.5 Å². The molecule has 9 heteroatoms. The molecule has 1 fully saturated rings. The second-order valence-electron chi connectivity index (χ2n) is 6.49. The van der Waals surface area contributed by atoms with Crippen molar-refractivity contribution >= 4 is 6.03 Å². The van der Waals surface area contributed by atoms with Crippen LogP contribution in [0, 0.1) is 0 Å². The lowest BCUT2D eigenvalue weighted by atomic mass is 10.2. The largest absolute Gasteiger partial charge is 0.435 e. The van der Waals surface area contributed by atoms with Gasteiger partial charge in [-0.25, -0.2) is 4.79 Å². The number of nitrogens with zero attached hydrogens (tertiary/aromatic N) is 3. The number of aromatic nitrogens is 2. The number of rotatable bonds is 6. The van der Waals surface area contributed by atoms with E-state index in [2.05, 4.69) is 10.4 Å². The van der Waals surface area contributed by atoms with Crippen LogP contribution in [-0.2, 0) is 12.7 Å². The minimum Gasteiger partial charge on any atom is -0.392 e. The third kappa shape index (κ3) is 4.86. The Kier molecular flexibility index (Phi) is 5.42. The highest BCUT2D eigenvalue weighted by Crippen LogP contribution is 2.42. The molecule has 0 aliphatic heterocycles. The van der Waals surface area contributed by atoms with E-state index in [0.29, 0.717) is 5.69 Å². The summed E-state index contributed by atoms with van der Waals surface area (Å²) in [7, 11) is 1.54. The molecular weight excluding hydrogens is 325 g/mol. The molecule has 2 N–H and O–H groups in total. The SMILES string of the molecule is CC(Cn1nc(C(F)(F)F)cc1C1CC1)NC(=O)N(C)C[C@@H](C)O. The Labute approximate surface area is 138 Å². The van der Waals surface area contributed by atoms with Gasteiger partial charge >= 0.3 is 12.2 Å². The van der Waals surface area contributed by atoms with Crippen LogP contribution in [0.2, 0.25) is 0 Å². The normalized spacial score (nSPS) is 17.5. The Morgan fingerprint density at radius 1 is 1.50 bits per heavy atom. The number of aliphatic hydroxyl groups is 1. The first-order valence-corrected chi connectivity index (χ1v) is 7.92. The molecular formula is C15H23F3N4O2. The van der Waals surface area contributed by atoms with Crippen molar-refractivity contribution in [1.82, 2.24) is 20.0 Å². The Morgan fingerprint density at radius 2 is 2.12 bits per heavy atom. The third-order valence-electron chi connectivity index (χ3n) is 3.80. The van der Waals surface area contributed by atoms with Crippen molar-refractivity contribution in [2.75, 3.05) is 13.6 Å². The predicted molar refractivity (Wildman–Crippen MR) is 81.5 cm³/mol. The lowest BCUT2D eigenvalue weighted by Gasteiger charge is -2.22. The van der Waals surface area contributed by atoms with Gasteiger partial charge in [-0.05, 0) is 32.8 Å². The summed E-state index contributed by atoms with van der Waals surface area (Å²) in [6, 6.07) is 0.318. The van der Waals surface area contributed by atoms with Crippen LogP contribution in [0.25, 0.3) is 0 Å². The highest BCUT2D eigenvalue weighted by Gasteiger charge is 2.38. The molecule has 6 nitrogen and oxygen atoms in total. The molecule has 1 saturated carbocycles. The average molecular weight is 348 g/mol. The summed E-state index contributed by atoms with van der Waals surface area (Å²) >= 11 is 0. The van der Waals surface area contributed by atoms with Crippen LogP contribution in [0.4, 0.5) is 18.0 Å². The van der Waals surface area contributed by atoms with Crippen molar-refractivity contribution in [3.8, 4) is 0 Å². The Balaban J connectivity index is 2.02. The maximum absolute atomic E-state index is 12.9. The fourth-order valence-corrected chi connectivity index (χ4v) is 2.53. The van der Waals surface area contributed by atoms with Crippen LogP contribution < -0.4 is 5.32 Å². The Morgan fingerprint density at radius 3 is 2.62 bits per heavy atom. The van der Waals surface area contributed by atoms with E-state index in [1.54, 1.807) is 20.9 Å². The van der Waals surface area contributed by atoms with Gasteiger partial charge in [0.25, 0.3) is 0 Å². The average Bonchev–Trinajstić information content (AvgIpc) is 3.18. The van der Waals surface area contributed by atoms with Gasteiger partial charge in [-0.2, -0.15) is 18.3 Å². The predicted octanol–water partition coefficient (Wildman–Crippen LogP) is 2.19. The number of carbonyl (C=O) groups excluding carboxylic acids is 1. The van der Waals surface area contributed by atoms with Crippen molar-refractivity contribution in [1.29, 1.82) is 0 Å². The molecule has 24 heavy (non-hydrogen) atoms. The summed E-state index contributed by atoms with van der Waals surface area (Å²) in [6.45, 7) is 3.61. The van der Waals surface area contributed by atoms with Crippen molar-refractivity contribution in [2.45, 2.75) is 57.5 Å². The maximum atomic E-state index is 12.9. The van der Waals surface area contributed by atoms with Gasteiger partial charge in [0, 0.05) is 31.2 Å². The van der Waals surface area contributed by atoms with Gasteiger partial charge in [0.05, 0.1) is 12.6 Å². The molecule has 2 amide bonds. The highest BCUT2D eigenvalue weighted by atomic mass is 19.4. The summed E-state index contributed by atoms with van der Waals surface area (Å²) in [6.07, 6.45) is -3.40. The molecule has 1 aliphatic rings. The molecule has 0 spiro atoms. The number of aliphatic hydroxyl groups excluding tert-OH is 1. The molecule has 1 unspecified atom stereocenters. The smallest absolute Gasteiger partial charge is 0.392 e. The van der Waals surface area contributed by atoms with E-state index >= 15 is 0 Å². The molecule has 2 rings (SSSR count). The first kappa shape index (κ1) is 18.6. The lowest BCUT2D eigenvalue weighted by Crippen LogP contribution is -2.45. The number of amides is 2. The summed E-state index contributed by atoms with van der Waals surface area (Å²) in [5, 5.41) is 15.7. The zero-order chi connectivity index (χ0) is 18.1. The number of hydrogen-bond donors (Lipinski definition) is 2. The van der Waals surface area contributed by atoms with Crippen molar-refractivity contribution < 1.29 is 23.1 Å². The van der Waals surface area contributed by atoms with Gasteiger partial charge in [0.1, 0.15) is 0 Å². The molecule has 1 aromatic rings. The van der Waals surface area contributed by atoms with E-state index in [9.17, 15) is 23.1 Å². The molecule has 0 radical (unpaired) electrons. The second kappa shape index (κ2) is 7.00. The minimum atomic E-state index is -4.47.